The molecule has 0 saturated heterocycles. The van der Waals surface area contributed by atoms with Crippen LogP contribution in [0.4, 0.5) is 4.79 Å². The number of ether oxygens (including phenoxy) is 2. The molecule has 0 aliphatic heterocycles. The van der Waals surface area contributed by atoms with Crippen molar-refractivity contribution in [2.75, 3.05) is 26.8 Å². The number of pyridine rings is 1. The van der Waals surface area contributed by atoms with Crippen LogP contribution >= 0.6 is 0 Å². The molecule has 6 rings (SSSR count). The van der Waals surface area contributed by atoms with Crippen molar-refractivity contribution in [3.63, 3.8) is 0 Å². The van der Waals surface area contributed by atoms with E-state index in [4.69, 9.17) is 20.9 Å². The van der Waals surface area contributed by atoms with E-state index in [-0.39, 0.29) is 31.1 Å². The maximum Gasteiger partial charge on any atom is 0.410 e. The van der Waals surface area contributed by atoms with Gasteiger partial charge < -0.3 is 31.2 Å². The van der Waals surface area contributed by atoms with Gasteiger partial charge in [0.1, 0.15) is 19.2 Å². The van der Waals surface area contributed by atoms with Gasteiger partial charge in [-0.15, -0.1) is 10.2 Å². The number of carbonyl (C=O) groups excluding carboxylic acids is 3. The van der Waals surface area contributed by atoms with E-state index in [0.717, 1.165) is 22.7 Å². The fourth-order valence-electron chi connectivity index (χ4n) is 7.30. The van der Waals surface area contributed by atoms with Crippen LogP contribution in [-0.4, -0.2) is 69.8 Å². The number of amides is 3. The van der Waals surface area contributed by atoms with Gasteiger partial charge in [0, 0.05) is 7.05 Å². The highest BCUT2D eigenvalue weighted by Gasteiger charge is 2.51. The lowest BCUT2D eigenvalue weighted by atomic mass is 9.50. The Morgan fingerprint density at radius 1 is 1.15 bits per heavy atom. The molecule has 12 nitrogen and oxygen atoms in total. The highest BCUT2D eigenvalue weighted by atomic mass is 16.6. The number of carbonyl (C=O) groups is 3. The van der Waals surface area contributed by atoms with Crippen LogP contribution in [0, 0.1) is 23.2 Å². The minimum atomic E-state index is -1.11. The van der Waals surface area contributed by atoms with Crippen molar-refractivity contribution in [3.05, 3.63) is 29.7 Å². The average Bonchev–Trinajstić information content (AvgIpc) is 3.29. The number of primary amides is 1. The molecular weight excluding hydrogens is 514 g/mol. The van der Waals surface area contributed by atoms with Crippen LogP contribution in [0.5, 0.6) is 0 Å². The Balaban J connectivity index is 1.34. The Hall–Kier alpha value is -3.25. The average molecular weight is 556 g/mol. The van der Waals surface area contributed by atoms with Gasteiger partial charge >= 0.3 is 6.09 Å². The first-order valence-electron chi connectivity index (χ1n) is 14.1. The van der Waals surface area contributed by atoms with Crippen LogP contribution in [0.2, 0.25) is 0 Å². The molecule has 0 radical (unpaired) electrons. The Kier molecular flexibility index (Phi) is 7.75. The lowest BCUT2D eigenvalue weighted by Gasteiger charge is -2.56. The molecule has 2 aromatic rings. The molecule has 0 unspecified atom stereocenters. The van der Waals surface area contributed by atoms with Gasteiger partial charge in [-0.05, 0) is 87.7 Å². The molecule has 4 bridgehead atoms. The van der Waals surface area contributed by atoms with Gasteiger partial charge in [0.05, 0.1) is 24.4 Å². The number of hydrogen-bond donors (Lipinski definition) is 3. The molecule has 4 aliphatic carbocycles. The number of fused-ring (bicyclic) bond motifs is 1. The fraction of sp³-hybridized carbons (Fsp3) is 0.679. The maximum atomic E-state index is 13.0. The summed E-state index contributed by atoms with van der Waals surface area (Å²) in [5, 5.41) is 11.7. The normalized spacial score (nSPS) is 26.1. The van der Waals surface area contributed by atoms with Crippen LogP contribution in [0.1, 0.15) is 69.9 Å². The zero-order valence-corrected chi connectivity index (χ0v) is 23.6. The Morgan fingerprint density at radius 3 is 2.40 bits per heavy atom. The van der Waals surface area contributed by atoms with E-state index in [0.29, 0.717) is 23.8 Å². The zero-order chi connectivity index (χ0) is 28.7. The van der Waals surface area contributed by atoms with E-state index in [1.807, 2.05) is 0 Å². The molecule has 4 aliphatic rings. The zero-order valence-electron chi connectivity index (χ0n) is 23.6. The molecule has 0 spiro atoms. The second-order valence-corrected chi connectivity index (χ2v) is 12.8. The lowest BCUT2D eigenvalue weighted by Crippen LogP contribution is -2.51. The molecule has 5 N–H and O–H groups in total. The summed E-state index contributed by atoms with van der Waals surface area (Å²) in [5.74, 6) is 1.92. The summed E-state index contributed by atoms with van der Waals surface area (Å²) in [5.41, 5.74) is 11.5. The first-order valence-corrected chi connectivity index (χ1v) is 14.1. The molecule has 218 valence electrons. The standard InChI is InChI=1S/C28H41N7O5/c1-27(2,30)25(37)31-21(15-39-16-28-10-17-7-18(11-28)9-19(8-17)12-28)24-33-32-23-6-4-5-20(35(23)24)14-40-26(38)34(3)13-22(29)36/h4-6,17-19,21H,7-16,30H2,1-3H3,(H2,29,36)(H,31,37)/t17?,18?,19?,21-,28?/m0/s1. The summed E-state index contributed by atoms with van der Waals surface area (Å²) in [6.07, 6.45) is 7.06. The number of nitrogens with two attached hydrogens (primary N) is 2. The van der Waals surface area contributed by atoms with Gasteiger partial charge in [-0.1, -0.05) is 6.07 Å². The maximum absolute atomic E-state index is 13.0. The summed E-state index contributed by atoms with van der Waals surface area (Å²) in [6, 6.07) is 4.71. The van der Waals surface area contributed by atoms with Gasteiger partial charge in [0.25, 0.3) is 0 Å². The van der Waals surface area contributed by atoms with Crippen LogP contribution in [0.3, 0.4) is 0 Å². The predicted octanol–water partition coefficient (Wildman–Crippen LogP) is 1.91. The topological polar surface area (TPSA) is 167 Å². The summed E-state index contributed by atoms with van der Waals surface area (Å²) < 4.78 is 13.6. The van der Waals surface area contributed by atoms with E-state index < -0.39 is 23.6 Å². The summed E-state index contributed by atoms with van der Waals surface area (Å²) >= 11 is 0. The van der Waals surface area contributed by atoms with Crippen molar-refractivity contribution >= 4 is 23.6 Å². The molecule has 2 aromatic heterocycles. The predicted molar refractivity (Wildman–Crippen MR) is 146 cm³/mol. The Labute approximate surface area is 234 Å². The largest absolute Gasteiger partial charge is 0.443 e. The third kappa shape index (κ3) is 6.07. The molecule has 12 heteroatoms. The van der Waals surface area contributed by atoms with Crippen LogP contribution < -0.4 is 16.8 Å². The smallest absolute Gasteiger partial charge is 0.410 e. The summed E-state index contributed by atoms with van der Waals surface area (Å²) in [4.78, 5) is 37.6. The number of rotatable bonds is 11. The van der Waals surface area contributed by atoms with E-state index in [1.165, 1.54) is 45.6 Å². The summed E-state index contributed by atoms with van der Waals surface area (Å²) in [7, 11) is 1.43. The number of hydrogen-bond acceptors (Lipinski definition) is 8. The minimum Gasteiger partial charge on any atom is -0.443 e. The highest BCUT2D eigenvalue weighted by molar-refractivity contribution is 5.85. The molecule has 2 heterocycles. The molecule has 1 atom stereocenters. The third-order valence-electron chi connectivity index (χ3n) is 8.64. The molecule has 0 aromatic carbocycles. The SMILES string of the molecule is CN(CC(N)=O)C(=O)OCc1cccc2nnc([C@H](COCC34CC5CC(CC(C5)C3)C4)NC(=O)C(C)(C)N)n12. The molecule has 40 heavy (non-hydrogen) atoms. The third-order valence-corrected chi connectivity index (χ3v) is 8.64. The van der Waals surface area contributed by atoms with Crippen molar-refractivity contribution < 1.29 is 23.9 Å². The van der Waals surface area contributed by atoms with Crippen molar-refractivity contribution in [3.8, 4) is 0 Å². The number of nitrogens with zero attached hydrogens (tertiary/aromatic N) is 4. The van der Waals surface area contributed by atoms with Crippen LogP contribution in [-0.2, 0) is 25.7 Å². The van der Waals surface area contributed by atoms with E-state index in [1.54, 1.807) is 36.4 Å². The molecular formula is C28H41N7O5. The van der Waals surface area contributed by atoms with Crippen molar-refractivity contribution in [1.82, 2.24) is 24.8 Å². The second-order valence-electron chi connectivity index (χ2n) is 12.8. The second kappa shape index (κ2) is 11.0. The first kappa shape index (κ1) is 28.3. The monoisotopic (exact) mass is 555 g/mol. The summed E-state index contributed by atoms with van der Waals surface area (Å²) in [6.45, 7) is 3.78. The van der Waals surface area contributed by atoms with Crippen molar-refractivity contribution in [2.45, 2.75) is 70.6 Å². The number of likely N-dealkylation sites (N-methyl/N-ethyl adjacent to an activating group) is 1. The molecule has 4 fully saturated rings. The fourth-order valence-corrected chi connectivity index (χ4v) is 7.30. The molecule has 3 amide bonds. The van der Waals surface area contributed by atoms with E-state index in [9.17, 15) is 14.4 Å². The van der Waals surface area contributed by atoms with Crippen LogP contribution in [0.25, 0.3) is 5.65 Å². The van der Waals surface area contributed by atoms with Gasteiger partial charge in [0.15, 0.2) is 11.5 Å². The van der Waals surface area contributed by atoms with Gasteiger partial charge in [0.2, 0.25) is 11.8 Å². The Morgan fingerprint density at radius 2 is 1.80 bits per heavy atom. The lowest BCUT2D eigenvalue weighted by molar-refractivity contribution is -0.127. The highest BCUT2D eigenvalue weighted by Crippen LogP contribution is 2.60. The number of nitrogens with one attached hydrogen (secondary N) is 1. The quantitative estimate of drug-likeness (QED) is 0.378. The van der Waals surface area contributed by atoms with Gasteiger partial charge in [-0.3, -0.25) is 14.0 Å². The van der Waals surface area contributed by atoms with Crippen LogP contribution in [0.15, 0.2) is 18.2 Å². The molecule has 4 saturated carbocycles. The minimum absolute atomic E-state index is 0.110. The van der Waals surface area contributed by atoms with E-state index in [2.05, 4.69) is 15.5 Å². The van der Waals surface area contributed by atoms with Crippen molar-refractivity contribution in [1.29, 1.82) is 0 Å². The number of aromatic nitrogens is 3. The first-order chi connectivity index (χ1) is 18.9. The van der Waals surface area contributed by atoms with E-state index >= 15 is 0 Å². The van der Waals surface area contributed by atoms with Crippen molar-refractivity contribution in [2.24, 2.45) is 34.6 Å². The van der Waals surface area contributed by atoms with Gasteiger partial charge in [-0.2, -0.15) is 0 Å². The van der Waals surface area contributed by atoms with Gasteiger partial charge in [-0.25, -0.2) is 4.79 Å². The Bertz CT molecular complexity index is 1230.